The van der Waals surface area contributed by atoms with Gasteiger partial charge in [0.15, 0.2) is 6.61 Å². The molecule has 1 atom stereocenters. The topological polar surface area (TPSA) is 94.3 Å². The first-order chi connectivity index (χ1) is 13.8. The molecule has 0 aliphatic carbocycles. The van der Waals surface area contributed by atoms with E-state index in [-0.39, 0.29) is 36.0 Å². The highest BCUT2D eigenvalue weighted by Crippen LogP contribution is 2.19. The maximum absolute atomic E-state index is 13.7. The Labute approximate surface area is 170 Å². The van der Waals surface area contributed by atoms with Crippen LogP contribution in [0.5, 0.6) is 0 Å². The van der Waals surface area contributed by atoms with Gasteiger partial charge in [-0.15, -0.1) is 11.3 Å². The standard InChI is InChI=1S/C20H20FN3O4S/c1-11(2)17(23-19(25)15-5-4-8-29-15)20(26)27-10-16-22-18(24-28-16)13-7-6-12(3)14(21)9-13/h4-9,11,17H,10H2,1-3H3,(H,23,25). The molecule has 3 rings (SSSR count). The number of halogens is 1. The molecule has 1 amide bonds. The van der Waals surface area contributed by atoms with Gasteiger partial charge in [0.05, 0.1) is 4.88 Å². The van der Waals surface area contributed by atoms with Crippen LogP contribution in [0.2, 0.25) is 0 Å². The fourth-order valence-electron chi connectivity index (χ4n) is 2.50. The van der Waals surface area contributed by atoms with Crippen molar-refractivity contribution >= 4 is 23.2 Å². The number of rotatable bonds is 7. The number of aromatic nitrogens is 2. The summed E-state index contributed by atoms with van der Waals surface area (Å²) in [5, 5.41) is 8.25. The number of esters is 1. The SMILES string of the molecule is Cc1ccc(-c2noc(COC(=O)C(NC(=O)c3cccs3)C(C)C)n2)cc1F. The van der Waals surface area contributed by atoms with Gasteiger partial charge in [0.2, 0.25) is 5.82 Å². The molecule has 3 aromatic rings. The molecule has 9 heteroatoms. The number of amides is 1. The first-order valence-corrected chi connectivity index (χ1v) is 9.83. The van der Waals surface area contributed by atoms with Crippen LogP contribution in [0.4, 0.5) is 4.39 Å². The maximum Gasteiger partial charge on any atom is 0.329 e. The molecule has 0 bridgehead atoms. The molecular formula is C20H20FN3O4S. The summed E-state index contributed by atoms with van der Waals surface area (Å²) >= 11 is 1.29. The summed E-state index contributed by atoms with van der Waals surface area (Å²) in [5.41, 5.74) is 0.966. The minimum atomic E-state index is -0.821. The number of aryl methyl sites for hydroxylation is 1. The van der Waals surface area contributed by atoms with Crippen LogP contribution in [0.25, 0.3) is 11.4 Å². The number of ether oxygens (including phenoxy) is 1. The van der Waals surface area contributed by atoms with Crippen molar-refractivity contribution in [2.45, 2.75) is 33.4 Å². The van der Waals surface area contributed by atoms with Crippen LogP contribution in [-0.4, -0.2) is 28.1 Å². The zero-order chi connectivity index (χ0) is 21.0. The van der Waals surface area contributed by atoms with Gasteiger partial charge < -0.3 is 14.6 Å². The fourth-order valence-corrected chi connectivity index (χ4v) is 3.13. The summed E-state index contributed by atoms with van der Waals surface area (Å²) in [4.78, 5) is 29.3. The molecule has 0 spiro atoms. The van der Waals surface area contributed by atoms with Gasteiger partial charge >= 0.3 is 5.97 Å². The van der Waals surface area contributed by atoms with Gasteiger partial charge in [-0.1, -0.05) is 37.2 Å². The summed E-state index contributed by atoms with van der Waals surface area (Å²) in [7, 11) is 0. The smallest absolute Gasteiger partial charge is 0.329 e. The summed E-state index contributed by atoms with van der Waals surface area (Å²) in [6.45, 7) is 5.01. The molecule has 152 valence electrons. The van der Waals surface area contributed by atoms with Crippen molar-refractivity contribution in [3.05, 3.63) is 57.9 Å². The number of hydrogen-bond acceptors (Lipinski definition) is 7. The van der Waals surface area contributed by atoms with E-state index < -0.39 is 12.0 Å². The minimum Gasteiger partial charge on any atom is -0.454 e. The maximum atomic E-state index is 13.7. The Bertz CT molecular complexity index is 1000. The van der Waals surface area contributed by atoms with E-state index in [1.165, 1.54) is 17.4 Å². The molecule has 0 saturated heterocycles. The Kier molecular flexibility index (Phi) is 6.38. The Balaban J connectivity index is 1.62. The third-order valence-electron chi connectivity index (χ3n) is 4.19. The van der Waals surface area contributed by atoms with Crippen LogP contribution >= 0.6 is 11.3 Å². The molecule has 0 radical (unpaired) electrons. The van der Waals surface area contributed by atoms with E-state index >= 15 is 0 Å². The van der Waals surface area contributed by atoms with E-state index in [9.17, 15) is 14.0 Å². The van der Waals surface area contributed by atoms with Crippen molar-refractivity contribution in [3.8, 4) is 11.4 Å². The van der Waals surface area contributed by atoms with Gasteiger partial charge in [-0.05, 0) is 35.9 Å². The van der Waals surface area contributed by atoms with Crippen LogP contribution in [0.1, 0.15) is 35.0 Å². The van der Waals surface area contributed by atoms with Gasteiger partial charge in [-0.25, -0.2) is 9.18 Å². The molecule has 1 N–H and O–H groups in total. The van der Waals surface area contributed by atoms with Crippen LogP contribution in [0.15, 0.2) is 40.2 Å². The van der Waals surface area contributed by atoms with Crippen LogP contribution < -0.4 is 5.32 Å². The number of carbonyl (C=O) groups is 2. The first kappa shape index (κ1) is 20.7. The highest BCUT2D eigenvalue weighted by Gasteiger charge is 2.27. The Morgan fingerprint density at radius 1 is 1.31 bits per heavy atom. The third kappa shape index (κ3) is 5.05. The molecular weight excluding hydrogens is 397 g/mol. The molecule has 1 aromatic carbocycles. The van der Waals surface area contributed by atoms with E-state index in [0.717, 1.165) is 0 Å². The average molecular weight is 417 g/mol. The Morgan fingerprint density at radius 2 is 2.10 bits per heavy atom. The molecule has 0 aliphatic rings. The van der Waals surface area contributed by atoms with Crippen molar-refractivity contribution in [1.82, 2.24) is 15.5 Å². The van der Waals surface area contributed by atoms with Crippen molar-refractivity contribution in [3.63, 3.8) is 0 Å². The molecule has 0 fully saturated rings. The van der Waals surface area contributed by atoms with Crippen LogP contribution in [-0.2, 0) is 16.1 Å². The number of thiophene rings is 1. The van der Waals surface area contributed by atoms with E-state index in [1.54, 1.807) is 50.4 Å². The molecule has 2 aromatic heterocycles. The van der Waals surface area contributed by atoms with Gasteiger partial charge in [0.1, 0.15) is 11.9 Å². The zero-order valence-corrected chi connectivity index (χ0v) is 17.0. The van der Waals surface area contributed by atoms with E-state index in [4.69, 9.17) is 9.26 Å². The van der Waals surface area contributed by atoms with E-state index in [0.29, 0.717) is 16.0 Å². The summed E-state index contributed by atoms with van der Waals surface area (Å²) in [6.07, 6.45) is 0. The number of carbonyl (C=O) groups excluding carboxylic acids is 2. The summed E-state index contributed by atoms with van der Waals surface area (Å²) < 4.78 is 24.0. The second-order valence-electron chi connectivity index (χ2n) is 6.76. The molecule has 0 saturated carbocycles. The van der Waals surface area contributed by atoms with Crippen LogP contribution in [0.3, 0.4) is 0 Å². The fraction of sp³-hybridized carbons (Fsp3) is 0.300. The average Bonchev–Trinajstić information content (AvgIpc) is 3.38. The van der Waals surface area contributed by atoms with E-state index in [2.05, 4.69) is 15.5 Å². The van der Waals surface area contributed by atoms with Gasteiger partial charge in [0, 0.05) is 5.56 Å². The number of nitrogens with zero attached hydrogens (tertiary/aromatic N) is 2. The van der Waals surface area contributed by atoms with Crippen molar-refractivity contribution in [1.29, 1.82) is 0 Å². The summed E-state index contributed by atoms with van der Waals surface area (Å²) in [5.74, 6) is -1.23. The van der Waals surface area contributed by atoms with Crippen molar-refractivity contribution < 1.29 is 23.2 Å². The predicted molar refractivity (Wildman–Crippen MR) is 105 cm³/mol. The van der Waals surface area contributed by atoms with Crippen molar-refractivity contribution in [2.75, 3.05) is 0 Å². The van der Waals surface area contributed by atoms with Gasteiger partial charge in [-0.2, -0.15) is 4.98 Å². The number of hydrogen-bond donors (Lipinski definition) is 1. The highest BCUT2D eigenvalue weighted by molar-refractivity contribution is 7.12. The predicted octanol–water partition coefficient (Wildman–Crippen LogP) is 3.74. The molecule has 7 nitrogen and oxygen atoms in total. The molecule has 29 heavy (non-hydrogen) atoms. The Hall–Kier alpha value is -3.07. The second-order valence-corrected chi connectivity index (χ2v) is 7.70. The lowest BCUT2D eigenvalue weighted by Gasteiger charge is -2.20. The molecule has 0 aliphatic heterocycles. The molecule has 2 heterocycles. The lowest BCUT2D eigenvalue weighted by Crippen LogP contribution is -2.45. The lowest BCUT2D eigenvalue weighted by atomic mass is 10.0. The van der Waals surface area contributed by atoms with Gasteiger partial charge in [-0.3, -0.25) is 4.79 Å². The quantitative estimate of drug-likeness (QED) is 0.589. The zero-order valence-electron chi connectivity index (χ0n) is 16.1. The summed E-state index contributed by atoms with van der Waals surface area (Å²) in [6, 6.07) is 7.22. The van der Waals surface area contributed by atoms with Crippen LogP contribution in [0, 0.1) is 18.7 Å². The number of nitrogens with one attached hydrogen (secondary N) is 1. The first-order valence-electron chi connectivity index (χ1n) is 8.95. The lowest BCUT2D eigenvalue weighted by molar-refractivity contribution is -0.149. The normalized spacial score (nSPS) is 12.0. The third-order valence-corrected chi connectivity index (χ3v) is 5.06. The van der Waals surface area contributed by atoms with Crippen molar-refractivity contribution in [2.24, 2.45) is 5.92 Å². The minimum absolute atomic E-state index is 0.0708. The monoisotopic (exact) mass is 417 g/mol. The molecule has 1 unspecified atom stereocenters. The highest BCUT2D eigenvalue weighted by atomic mass is 32.1. The van der Waals surface area contributed by atoms with E-state index in [1.807, 2.05) is 0 Å². The Morgan fingerprint density at radius 3 is 2.76 bits per heavy atom. The number of benzene rings is 1. The largest absolute Gasteiger partial charge is 0.454 e. The second kappa shape index (κ2) is 8.95. The van der Waals surface area contributed by atoms with Gasteiger partial charge in [0.25, 0.3) is 11.8 Å².